The fourth-order valence-electron chi connectivity index (χ4n) is 1.80. The van der Waals surface area contributed by atoms with Crippen molar-refractivity contribution in [2.45, 2.75) is 26.9 Å². The molecule has 0 aliphatic carbocycles. The average molecular weight is 285 g/mol. The number of pyridine rings is 1. The maximum absolute atomic E-state index is 11.9. The van der Waals surface area contributed by atoms with Gasteiger partial charge in [-0.25, -0.2) is 9.78 Å². The highest BCUT2D eigenvalue weighted by atomic mass is 16.5. The summed E-state index contributed by atoms with van der Waals surface area (Å²) in [6.07, 6.45) is -0.143. The molecule has 5 nitrogen and oxygen atoms in total. The van der Waals surface area contributed by atoms with Gasteiger partial charge in [0.15, 0.2) is 0 Å². The van der Waals surface area contributed by atoms with Crippen LogP contribution in [0.2, 0.25) is 0 Å². The van der Waals surface area contributed by atoms with Crippen molar-refractivity contribution in [2.75, 3.05) is 11.1 Å². The lowest BCUT2D eigenvalue weighted by atomic mass is 10.2. The minimum atomic E-state index is -0.338. The SMILES string of the molecule is Cc1nc(Nc2cccc(C(=O)OC(C)C)c2)ccc1N. The summed E-state index contributed by atoms with van der Waals surface area (Å²) in [6.45, 7) is 5.49. The normalized spacial score (nSPS) is 10.5. The van der Waals surface area contributed by atoms with Gasteiger partial charge in [0.2, 0.25) is 0 Å². The molecular formula is C16H19N3O2. The molecule has 0 radical (unpaired) electrons. The van der Waals surface area contributed by atoms with E-state index in [1.165, 1.54) is 0 Å². The summed E-state index contributed by atoms with van der Waals surface area (Å²) in [5.41, 5.74) is 8.42. The van der Waals surface area contributed by atoms with Gasteiger partial charge in [-0.05, 0) is 51.1 Å². The molecule has 0 atom stereocenters. The summed E-state index contributed by atoms with van der Waals surface area (Å²) >= 11 is 0. The molecule has 2 aromatic rings. The lowest BCUT2D eigenvalue weighted by molar-refractivity contribution is 0.0378. The first-order chi connectivity index (χ1) is 9.95. The molecule has 110 valence electrons. The van der Waals surface area contributed by atoms with Crippen molar-refractivity contribution in [2.24, 2.45) is 0 Å². The standard InChI is InChI=1S/C16H19N3O2/c1-10(2)21-16(20)12-5-4-6-13(9-12)19-15-8-7-14(17)11(3)18-15/h4-10H,17H2,1-3H3,(H,18,19). The van der Waals surface area contributed by atoms with E-state index in [2.05, 4.69) is 10.3 Å². The zero-order valence-electron chi connectivity index (χ0n) is 12.4. The Kier molecular flexibility index (Phi) is 4.42. The van der Waals surface area contributed by atoms with Gasteiger partial charge in [0, 0.05) is 5.69 Å². The van der Waals surface area contributed by atoms with E-state index in [0.29, 0.717) is 17.1 Å². The molecule has 0 spiro atoms. The zero-order chi connectivity index (χ0) is 15.4. The largest absolute Gasteiger partial charge is 0.459 e. The number of nitrogens with two attached hydrogens (primary N) is 1. The van der Waals surface area contributed by atoms with E-state index in [4.69, 9.17) is 10.5 Å². The van der Waals surface area contributed by atoms with Crippen LogP contribution in [0.15, 0.2) is 36.4 Å². The third-order valence-corrected chi connectivity index (χ3v) is 2.84. The number of esters is 1. The predicted molar refractivity (Wildman–Crippen MR) is 83.7 cm³/mol. The van der Waals surface area contributed by atoms with Gasteiger partial charge in [-0.2, -0.15) is 0 Å². The summed E-state index contributed by atoms with van der Waals surface area (Å²) in [5, 5.41) is 3.15. The van der Waals surface area contributed by atoms with Crippen LogP contribution in [-0.4, -0.2) is 17.1 Å². The van der Waals surface area contributed by atoms with Gasteiger partial charge in [0.05, 0.1) is 23.0 Å². The van der Waals surface area contributed by atoms with Crippen molar-refractivity contribution >= 4 is 23.2 Å². The maximum Gasteiger partial charge on any atom is 0.338 e. The number of carbonyl (C=O) groups excluding carboxylic acids is 1. The molecule has 0 saturated heterocycles. The molecule has 3 N–H and O–H groups in total. The lowest BCUT2D eigenvalue weighted by Crippen LogP contribution is -2.11. The van der Waals surface area contributed by atoms with Crippen molar-refractivity contribution in [3.8, 4) is 0 Å². The number of hydrogen-bond acceptors (Lipinski definition) is 5. The van der Waals surface area contributed by atoms with Crippen LogP contribution in [0.1, 0.15) is 29.9 Å². The van der Waals surface area contributed by atoms with Crippen LogP contribution in [0.3, 0.4) is 0 Å². The van der Waals surface area contributed by atoms with E-state index in [-0.39, 0.29) is 12.1 Å². The second kappa shape index (κ2) is 6.26. The Labute approximate surface area is 124 Å². The van der Waals surface area contributed by atoms with E-state index in [0.717, 1.165) is 11.4 Å². The molecule has 0 saturated carbocycles. The van der Waals surface area contributed by atoms with Crippen LogP contribution >= 0.6 is 0 Å². The molecule has 0 aliphatic heterocycles. The van der Waals surface area contributed by atoms with E-state index in [1.807, 2.05) is 26.8 Å². The Morgan fingerprint density at radius 3 is 2.71 bits per heavy atom. The Hall–Kier alpha value is -2.56. The number of aryl methyl sites for hydroxylation is 1. The Bertz CT molecular complexity index is 654. The molecule has 1 aromatic carbocycles. The van der Waals surface area contributed by atoms with Gasteiger partial charge < -0.3 is 15.8 Å². The zero-order valence-corrected chi connectivity index (χ0v) is 12.4. The van der Waals surface area contributed by atoms with Gasteiger partial charge in [0.1, 0.15) is 5.82 Å². The number of nitrogens with one attached hydrogen (secondary N) is 1. The highest BCUT2D eigenvalue weighted by Gasteiger charge is 2.09. The molecular weight excluding hydrogens is 266 g/mol. The first-order valence-electron chi connectivity index (χ1n) is 6.77. The minimum absolute atomic E-state index is 0.143. The number of carbonyl (C=O) groups is 1. The molecule has 0 unspecified atom stereocenters. The van der Waals surface area contributed by atoms with E-state index in [9.17, 15) is 4.79 Å². The first-order valence-corrected chi connectivity index (χ1v) is 6.77. The highest BCUT2D eigenvalue weighted by molar-refractivity contribution is 5.90. The summed E-state index contributed by atoms with van der Waals surface area (Å²) < 4.78 is 5.18. The fourth-order valence-corrected chi connectivity index (χ4v) is 1.80. The van der Waals surface area contributed by atoms with Crippen LogP contribution in [0, 0.1) is 6.92 Å². The van der Waals surface area contributed by atoms with Gasteiger partial charge in [0.25, 0.3) is 0 Å². The number of aromatic nitrogens is 1. The summed E-state index contributed by atoms with van der Waals surface area (Å²) in [7, 11) is 0. The molecule has 0 amide bonds. The van der Waals surface area contributed by atoms with Crippen LogP contribution in [-0.2, 0) is 4.74 Å². The van der Waals surface area contributed by atoms with E-state index < -0.39 is 0 Å². The van der Waals surface area contributed by atoms with Crippen molar-refractivity contribution in [3.05, 3.63) is 47.7 Å². The summed E-state index contributed by atoms with van der Waals surface area (Å²) in [5.74, 6) is 0.339. The Morgan fingerprint density at radius 1 is 1.29 bits per heavy atom. The van der Waals surface area contributed by atoms with Crippen LogP contribution < -0.4 is 11.1 Å². The van der Waals surface area contributed by atoms with Crippen molar-refractivity contribution in [1.82, 2.24) is 4.98 Å². The fraction of sp³-hybridized carbons (Fsp3) is 0.250. The number of ether oxygens (including phenoxy) is 1. The molecule has 2 rings (SSSR count). The lowest BCUT2D eigenvalue weighted by Gasteiger charge is -2.10. The average Bonchev–Trinajstić information content (AvgIpc) is 2.42. The number of rotatable bonds is 4. The van der Waals surface area contributed by atoms with E-state index >= 15 is 0 Å². The number of nitrogens with zero attached hydrogens (tertiary/aromatic N) is 1. The second-order valence-electron chi connectivity index (χ2n) is 5.03. The van der Waals surface area contributed by atoms with Crippen LogP contribution in [0.25, 0.3) is 0 Å². The molecule has 21 heavy (non-hydrogen) atoms. The number of hydrogen-bond donors (Lipinski definition) is 2. The molecule has 1 heterocycles. The number of nitrogen functional groups attached to an aromatic ring is 1. The second-order valence-corrected chi connectivity index (χ2v) is 5.03. The predicted octanol–water partition coefficient (Wildman–Crippen LogP) is 3.28. The Morgan fingerprint density at radius 2 is 2.05 bits per heavy atom. The number of anilines is 3. The number of benzene rings is 1. The van der Waals surface area contributed by atoms with Crippen molar-refractivity contribution < 1.29 is 9.53 Å². The maximum atomic E-state index is 11.9. The minimum Gasteiger partial charge on any atom is -0.459 e. The summed E-state index contributed by atoms with van der Waals surface area (Å²) in [6, 6.07) is 10.7. The quantitative estimate of drug-likeness (QED) is 0.843. The molecule has 0 aliphatic rings. The molecule has 0 bridgehead atoms. The highest BCUT2D eigenvalue weighted by Crippen LogP contribution is 2.19. The van der Waals surface area contributed by atoms with Gasteiger partial charge >= 0.3 is 5.97 Å². The molecule has 1 aromatic heterocycles. The van der Waals surface area contributed by atoms with Crippen molar-refractivity contribution in [3.63, 3.8) is 0 Å². The van der Waals surface area contributed by atoms with Crippen molar-refractivity contribution in [1.29, 1.82) is 0 Å². The topological polar surface area (TPSA) is 77.2 Å². The summed E-state index contributed by atoms with van der Waals surface area (Å²) in [4.78, 5) is 16.2. The third-order valence-electron chi connectivity index (χ3n) is 2.84. The van der Waals surface area contributed by atoms with Gasteiger partial charge in [-0.15, -0.1) is 0 Å². The van der Waals surface area contributed by atoms with Crippen LogP contribution in [0.4, 0.5) is 17.2 Å². The van der Waals surface area contributed by atoms with Gasteiger partial charge in [-0.1, -0.05) is 6.07 Å². The monoisotopic (exact) mass is 285 g/mol. The first kappa shape index (κ1) is 14.8. The Balaban J connectivity index is 2.17. The van der Waals surface area contributed by atoms with Gasteiger partial charge in [-0.3, -0.25) is 0 Å². The van der Waals surface area contributed by atoms with Crippen LogP contribution in [0.5, 0.6) is 0 Å². The van der Waals surface area contributed by atoms with E-state index in [1.54, 1.807) is 30.3 Å². The third kappa shape index (κ3) is 3.95. The molecule has 0 fully saturated rings. The smallest absolute Gasteiger partial charge is 0.338 e. The molecule has 5 heteroatoms.